The molecule has 3 nitrogen and oxygen atoms in total. The standard InChI is InChI=1S/C16H25NO2/c1-11(17-4-3-15(18)19-2)16-8-12-5-13(9-16)7-14(6-12)10-16/h3-4,11-14,17H,5-10H2,1-2H3/b4-3+. The SMILES string of the molecule is COC(=O)/C=C/NC(C)C12CC3CC(CC(C3)C1)C2. The van der Waals surface area contributed by atoms with Crippen LogP contribution in [0.25, 0.3) is 0 Å². The van der Waals surface area contributed by atoms with Crippen molar-refractivity contribution in [1.82, 2.24) is 5.32 Å². The van der Waals surface area contributed by atoms with Gasteiger partial charge in [0.25, 0.3) is 0 Å². The van der Waals surface area contributed by atoms with Crippen LogP contribution in [0.4, 0.5) is 0 Å². The molecule has 0 spiro atoms. The molecule has 106 valence electrons. The van der Waals surface area contributed by atoms with E-state index in [-0.39, 0.29) is 5.97 Å². The normalized spacial score (nSPS) is 41.5. The molecule has 4 saturated carbocycles. The summed E-state index contributed by atoms with van der Waals surface area (Å²) in [6, 6.07) is 0.460. The number of hydrogen-bond donors (Lipinski definition) is 1. The Bertz CT molecular complexity index is 353. The molecule has 0 radical (unpaired) electrons. The summed E-state index contributed by atoms with van der Waals surface area (Å²) >= 11 is 0. The minimum absolute atomic E-state index is 0.287. The van der Waals surface area contributed by atoms with Gasteiger partial charge in [0, 0.05) is 18.3 Å². The third-order valence-electron chi connectivity index (χ3n) is 5.77. The number of nitrogens with one attached hydrogen (secondary N) is 1. The number of hydrogen-bond acceptors (Lipinski definition) is 3. The highest BCUT2D eigenvalue weighted by molar-refractivity contribution is 5.81. The van der Waals surface area contributed by atoms with Crippen LogP contribution in [0.1, 0.15) is 45.4 Å². The molecule has 0 saturated heterocycles. The maximum atomic E-state index is 11.1. The van der Waals surface area contributed by atoms with E-state index in [0.717, 1.165) is 17.8 Å². The van der Waals surface area contributed by atoms with Gasteiger partial charge < -0.3 is 10.1 Å². The van der Waals surface area contributed by atoms with E-state index >= 15 is 0 Å². The lowest BCUT2D eigenvalue weighted by atomic mass is 9.48. The van der Waals surface area contributed by atoms with Crippen molar-refractivity contribution < 1.29 is 9.53 Å². The summed E-state index contributed by atoms with van der Waals surface area (Å²) < 4.78 is 4.62. The summed E-state index contributed by atoms with van der Waals surface area (Å²) in [5.41, 5.74) is 0.481. The van der Waals surface area contributed by atoms with Gasteiger partial charge in [-0.25, -0.2) is 4.79 Å². The molecule has 0 heterocycles. The first-order chi connectivity index (χ1) is 9.11. The Morgan fingerprint density at radius 2 is 1.74 bits per heavy atom. The fourth-order valence-electron chi connectivity index (χ4n) is 5.21. The van der Waals surface area contributed by atoms with Gasteiger partial charge in [-0.05, 0) is 68.6 Å². The summed E-state index contributed by atoms with van der Waals surface area (Å²) in [6.45, 7) is 2.29. The quantitative estimate of drug-likeness (QED) is 0.626. The van der Waals surface area contributed by atoms with Gasteiger partial charge in [0.05, 0.1) is 7.11 Å². The maximum Gasteiger partial charge on any atom is 0.331 e. The van der Waals surface area contributed by atoms with Gasteiger partial charge in [0.15, 0.2) is 0 Å². The van der Waals surface area contributed by atoms with Gasteiger partial charge in [0.2, 0.25) is 0 Å². The zero-order valence-corrected chi connectivity index (χ0v) is 12.0. The lowest BCUT2D eigenvalue weighted by Gasteiger charge is -2.59. The van der Waals surface area contributed by atoms with Gasteiger partial charge in [-0.3, -0.25) is 0 Å². The fraction of sp³-hybridized carbons (Fsp3) is 0.812. The molecule has 0 aromatic heterocycles. The maximum absolute atomic E-state index is 11.1. The molecule has 0 amide bonds. The van der Waals surface area contributed by atoms with Gasteiger partial charge in [-0.15, -0.1) is 0 Å². The van der Waals surface area contributed by atoms with Crippen molar-refractivity contribution in [2.24, 2.45) is 23.2 Å². The minimum atomic E-state index is -0.287. The molecular formula is C16H25NO2. The molecular weight excluding hydrogens is 238 g/mol. The number of ether oxygens (including phenoxy) is 1. The summed E-state index contributed by atoms with van der Waals surface area (Å²) in [4.78, 5) is 11.1. The smallest absolute Gasteiger partial charge is 0.331 e. The number of carbonyl (C=O) groups excluding carboxylic acids is 1. The highest BCUT2D eigenvalue weighted by Gasteiger charge is 2.52. The fourth-order valence-corrected chi connectivity index (χ4v) is 5.21. The van der Waals surface area contributed by atoms with Crippen molar-refractivity contribution in [2.45, 2.75) is 51.5 Å². The zero-order valence-electron chi connectivity index (χ0n) is 12.0. The predicted molar refractivity (Wildman–Crippen MR) is 74.4 cm³/mol. The Morgan fingerprint density at radius 3 is 2.21 bits per heavy atom. The number of rotatable bonds is 4. The van der Waals surface area contributed by atoms with Crippen LogP contribution in [0, 0.1) is 23.2 Å². The first kappa shape index (κ1) is 13.0. The lowest BCUT2D eigenvalue weighted by molar-refractivity contribution is -0.134. The molecule has 19 heavy (non-hydrogen) atoms. The van der Waals surface area contributed by atoms with Crippen LogP contribution < -0.4 is 5.32 Å². The van der Waals surface area contributed by atoms with E-state index in [9.17, 15) is 4.79 Å². The van der Waals surface area contributed by atoms with E-state index < -0.39 is 0 Å². The van der Waals surface area contributed by atoms with Crippen LogP contribution >= 0.6 is 0 Å². The topological polar surface area (TPSA) is 38.3 Å². The van der Waals surface area contributed by atoms with E-state index in [1.807, 2.05) is 0 Å². The Labute approximate surface area is 115 Å². The number of esters is 1. The van der Waals surface area contributed by atoms with Crippen molar-refractivity contribution >= 4 is 5.97 Å². The highest BCUT2D eigenvalue weighted by atomic mass is 16.5. The molecule has 4 bridgehead atoms. The second kappa shape index (κ2) is 4.84. The molecule has 4 rings (SSSR count). The summed E-state index contributed by atoms with van der Waals surface area (Å²) in [6.07, 6.45) is 11.8. The summed E-state index contributed by atoms with van der Waals surface area (Å²) in [5.74, 6) is 2.63. The molecule has 0 aromatic rings. The molecule has 0 aliphatic heterocycles. The molecule has 4 aliphatic rings. The molecule has 0 aromatic carbocycles. The van der Waals surface area contributed by atoms with Gasteiger partial charge in [0.1, 0.15) is 0 Å². The largest absolute Gasteiger partial charge is 0.466 e. The highest BCUT2D eigenvalue weighted by Crippen LogP contribution is 2.61. The summed E-state index contributed by atoms with van der Waals surface area (Å²) in [5, 5.41) is 3.42. The average Bonchev–Trinajstić information content (AvgIpc) is 2.36. The van der Waals surface area contributed by atoms with Crippen molar-refractivity contribution in [3.8, 4) is 0 Å². The van der Waals surface area contributed by atoms with Crippen LogP contribution in [0.5, 0.6) is 0 Å². The van der Waals surface area contributed by atoms with Crippen molar-refractivity contribution in [3.63, 3.8) is 0 Å². The Hall–Kier alpha value is -0.990. The predicted octanol–water partition coefficient (Wildman–Crippen LogP) is 2.87. The average molecular weight is 263 g/mol. The van der Waals surface area contributed by atoms with E-state index in [1.165, 1.54) is 51.7 Å². The second-order valence-electron chi connectivity index (χ2n) is 7.02. The van der Waals surface area contributed by atoms with Crippen molar-refractivity contribution in [2.75, 3.05) is 7.11 Å². The van der Waals surface area contributed by atoms with E-state index in [2.05, 4.69) is 17.0 Å². The lowest BCUT2D eigenvalue weighted by Crippen LogP contribution is -2.54. The molecule has 4 fully saturated rings. The van der Waals surface area contributed by atoms with Crippen LogP contribution in [0.3, 0.4) is 0 Å². The summed E-state index contributed by atoms with van der Waals surface area (Å²) in [7, 11) is 1.41. The van der Waals surface area contributed by atoms with Crippen LogP contribution in [-0.4, -0.2) is 19.1 Å². The zero-order chi connectivity index (χ0) is 13.5. The van der Waals surface area contributed by atoms with E-state index in [0.29, 0.717) is 11.5 Å². The third-order valence-corrected chi connectivity index (χ3v) is 5.77. The van der Waals surface area contributed by atoms with Gasteiger partial charge >= 0.3 is 5.97 Å². The van der Waals surface area contributed by atoms with Crippen molar-refractivity contribution in [1.29, 1.82) is 0 Å². The number of methoxy groups -OCH3 is 1. The first-order valence-corrected chi connectivity index (χ1v) is 7.62. The molecule has 1 N–H and O–H groups in total. The molecule has 1 atom stereocenters. The van der Waals surface area contributed by atoms with E-state index in [1.54, 1.807) is 6.20 Å². The van der Waals surface area contributed by atoms with Crippen molar-refractivity contribution in [3.05, 3.63) is 12.3 Å². The van der Waals surface area contributed by atoms with Crippen LogP contribution in [-0.2, 0) is 9.53 Å². The molecule has 4 aliphatic carbocycles. The third kappa shape index (κ3) is 2.39. The molecule has 1 unspecified atom stereocenters. The molecule has 3 heteroatoms. The Kier molecular flexibility index (Phi) is 3.32. The minimum Gasteiger partial charge on any atom is -0.466 e. The Morgan fingerprint density at radius 1 is 1.21 bits per heavy atom. The number of carbonyl (C=O) groups is 1. The van der Waals surface area contributed by atoms with Gasteiger partial charge in [-0.2, -0.15) is 0 Å². The van der Waals surface area contributed by atoms with Gasteiger partial charge in [-0.1, -0.05) is 0 Å². The first-order valence-electron chi connectivity index (χ1n) is 7.62. The monoisotopic (exact) mass is 263 g/mol. The second-order valence-corrected chi connectivity index (χ2v) is 7.02. The Balaban J connectivity index is 1.64. The van der Waals surface area contributed by atoms with Crippen LogP contribution in [0.15, 0.2) is 12.3 Å². The van der Waals surface area contributed by atoms with Crippen LogP contribution in [0.2, 0.25) is 0 Å². The van der Waals surface area contributed by atoms with E-state index in [4.69, 9.17) is 0 Å².